The highest BCUT2D eigenvalue weighted by atomic mass is 16.5. The topological polar surface area (TPSA) is 32.7 Å². The average molecular weight is 237 g/mol. The minimum absolute atomic E-state index is 0.598. The van der Waals surface area contributed by atoms with Crippen LogP contribution in [0.25, 0.3) is 0 Å². The Morgan fingerprint density at radius 1 is 1.35 bits per heavy atom. The number of rotatable bonds is 5. The Labute approximate surface area is 104 Å². The van der Waals surface area contributed by atoms with E-state index in [0.717, 1.165) is 17.0 Å². The van der Waals surface area contributed by atoms with Crippen molar-refractivity contribution in [2.24, 2.45) is 0 Å². The van der Waals surface area contributed by atoms with E-state index in [1.807, 2.05) is 51.8 Å². The number of nitrogens with zero attached hydrogens (tertiary/aromatic N) is 1. The first kappa shape index (κ1) is 13.8. The van der Waals surface area contributed by atoms with Gasteiger partial charge in [0.15, 0.2) is 0 Å². The molecular formula is C14H23NO2. The molecule has 1 aromatic carbocycles. The quantitative estimate of drug-likeness (QED) is 0.854. The van der Waals surface area contributed by atoms with Crippen LogP contribution in [0.15, 0.2) is 18.2 Å². The van der Waals surface area contributed by atoms with Crippen LogP contribution in [0, 0.1) is 6.92 Å². The van der Waals surface area contributed by atoms with Crippen molar-refractivity contribution in [3.63, 3.8) is 0 Å². The maximum atomic E-state index is 9.79. The van der Waals surface area contributed by atoms with Gasteiger partial charge in [-0.05, 0) is 51.5 Å². The molecule has 96 valence electrons. The number of benzene rings is 1. The number of hydrogen-bond donors (Lipinski definition) is 1. The Balaban J connectivity index is 2.82. The van der Waals surface area contributed by atoms with Gasteiger partial charge in [0.25, 0.3) is 0 Å². The lowest BCUT2D eigenvalue weighted by molar-refractivity contribution is 0.0886. The minimum atomic E-state index is -0.693. The smallest absolute Gasteiger partial charge is 0.122 e. The third kappa shape index (κ3) is 4.27. The van der Waals surface area contributed by atoms with E-state index in [1.165, 1.54) is 0 Å². The lowest BCUT2D eigenvalue weighted by Crippen LogP contribution is -2.36. The summed E-state index contributed by atoms with van der Waals surface area (Å²) >= 11 is 0. The van der Waals surface area contributed by atoms with Crippen LogP contribution in [0.3, 0.4) is 0 Å². The maximum Gasteiger partial charge on any atom is 0.122 e. The van der Waals surface area contributed by atoms with Gasteiger partial charge in [-0.2, -0.15) is 0 Å². The molecule has 0 bridgehead atoms. The molecule has 0 radical (unpaired) electrons. The molecule has 0 saturated heterocycles. The summed E-state index contributed by atoms with van der Waals surface area (Å²) in [6, 6.07) is 6.08. The Hall–Kier alpha value is -1.22. The molecule has 0 amide bonds. The molecule has 0 aromatic heterocycles. The van der Waals surface area contributed by atoms with E-state index in [1.54, 1.807) is 0 Å². The molecular weight excluding hydrogens is 214 g/mol. The van der Waals surface area contributed by atoms with Crippen molar-refractivity contribution in [2.45, 2.75) is 33.3 Å². The van der Waals surface area contributed by atoms with Gasteiger partial charge in [-0.15, -0.1) is 0 Å². The first-order valence-corrected chi connectivity index (χ1v) is 6.00. The summed E-state index contributed by atoms with van der Waals surface area (Å²) in [5, 5.41) is 9.79. The largest absolute Gasteiger partial charge is 0.494 e. The van der Waals surface area contributed by atoms with Gasteiger partial charge in [-0.1, -0.05) is 0 Å². The molecule has 0 spiro atoms. The van der Waals surface area contributed by atoms with Crippen LogP contribution in [0.1, 0.15) is 26.3 Å². The summed E-state index contributed by atoms with van der Waals surface area (Å²) in [5.41, 5.74) is 1.52. The van der Waals surface area contributed by atoms with E-state index in [-0.39, 0.29) is 0 Å². The number of likely N-dealkylation sites (N-methyl/N-ethyl adjacent to an activating group) is 1. The molecule has 1 rings (SSSR count). The van der Waals surface area contributed by atoms with E-state index in [4.69, 9.17) is 4.74 Å². The molecule has 0 aliphatic rings. The van der Waals surface area contributed by atoms with Crippen molar-refractivity contribution in [2.75, 3.05) is 25.1 Å². The molecule has 0 fully saturated rings. The Morgan fingerprint density at radius 3 is 2.47 bits per heavy atom. The highest BCUT2D eigenvalue weighted by Crippen LogP contribution is 2.24. The van der Waals surface area contributed by atoms with E-state index in [9.17, 15) is 5.11 Å². The summed E-state index contributed by atoms with van der Waals surface area (Å²) in [6.07, 6.45) is 0. The zero-order chi connectivity index (χ0) is 13.1. The first-order valence-electron chi connectivity index (χ1n) is 6.00. The second-order valence-electron chi connectivity index (χ2n) is 5.05. The van der Waals surface area contributed by atoms with Gasteiger partial charge in [-0.3, -0.25) is 0 Å². The van der Waals surface area contributed by atoms with Crippen LogP contribution in [-0.2, 0) is 0 Å². The van der Waals surface area contributed by atoms with Gasteiger partial charge in [0, 0.05) is 19.3 Å². The molecule has 0 unspecified atom stereocenters. The SMILES string of the molecule is CCOc1ccc(N(C)CC(C)(C)O)cc1C. The Bertz CT molecular complexity index is 369. The van der Waals surface area contributed by atoms with E-state index in [2.05, 4.69) is 6.07 Å². The lowest BCUT2D eigenvalue weighted by Gasteiger charge is -2.27. The second kappa shape index (κ2) is 5.41. The highest BCUT2D eigenvalue weighted by Gasteiger charge is 2.16. The molecule has 17 heavy (non-hydrogen) atoms. The average Bonchev–Trinajstić information content (AvgIpc) is 2.18. The van der Waals surface area contributed by atoms with Gasteiger partial charge >= 0.3 is 0 Å². The predicted molar refractivity (Wildman–Crippen MR) is 71.9 cm³/mol. The van der Waals surface area contributed by atoms with Gasteiger partial charge in [-0.25, -0.2) is 0 Å². The van der Waals surface area contributed by atoms with Crippen molar-refractivity contribution in [3.05, 3.63) is 23.8 Å². The van der Waals surface area contributed by atoms with Crippen molar-refractivity contribution in [1.29, 1.82) is 0 Å². The van der Waals surface area contributed by atoms with Crippen LogP contribution in [0.2, 0.25) is 0 Å². The van der Waals surface area contributed by atoms with Crippen molar-refractivity contribution in [1.82, 2.24) is 0 Å². The van der Waals surface area contributed by atoms with Crippen molar-refractivity contribution in [3.8, 4) is 5.75 Å². The summed E-state index contributed by atoms with van der Waals surface area (Å²) in [7, 11) is 1.98. The summed E-state index contributed by atoms with van der Waals surface area (Å²) in [4.78, 5) is 2.04. The minimum Gasteiger partial charge on any atom is -0.494 e. The molecule has 1 aromatic rings. The van der Waals surface area contributed by atoms with Gasteiger partial charge in [0.1, 0.15) is 5.75 Å². The zero-order valence-corrected chi connectivity index (χ0v) is 11.4. The third-order valence-corrected chi connectivity index (χ3v) is 2.52. The molecule has 3 nitrogen and oxygen atoms in total. The molecule has 3 heteroatoms. The molecule has 0 atom stereocenters. The van der Waals surface area contributed by atoms with Gasteiger partial charge < -0.3 is 14.7 Å². The summed E-state index contributed by atoms with van der Waals surface area (Å²) in [6.45, 7) is 8.91. The van der Waals surface area contributed by atoms with Crippen LogP contribution >= 0.6 is 0 Å². The lowest BCUT2D eigenvalue weighted by atomic mass is 10.1. The van der Waals surface area contributed by atoms with Crippen LogP contribution < -0.4 is 9.64 Å². The molecule has 1 N–H and O–H groups in total. The number of aryl methyl sites for hydroxylation is 1. The van der Waals surface area contributed by atoms with E-state index >= 15 is 0 Å². The summed E-state index contributed by atoms with van der Waals surface area (Å²) < 4.78 is 5.50. The predicted octanol–water partition coefficient (Wildman–Crippen LogP) is 2.60. The van der Waals surface area contributed by atoms with E-state index in [0.29, 0.717) is 13.2 Å². The fourth-order valence-electron chi connectivity index (χ4n) is 1.86. The number of hydrogen-bond acceptors (Lipinski definition) is 3. The normalized spacial score (nSPS) is 11.4. The number of ether oxygens (including phenoxy) is 1. The van der Waals surface area contributed by atoms with Crippen LogP contribution in [0.5, 0.6) is 5.75 Å². The van der Waals surface area contributed by atoms with Gasteiger partial charge in [0.2, 0.25) is 0 Å². The van der Waals surface area contributed by atoms with Crippen LogP contribution in [0.4, 0.5) is 5.69 Å². The molecule has 0 aliphatic heterocycles. The molecule has 0 saturated carbocycles. The standard InChI is InChI=1S/C14H23NO2/c1-6-17-13-8-7-12(9-11(13)2)15(5)10-14(3,4)16/h7-9,16H,6,10H2,1-5H3. The summed E-state index contributed by atoms with van der Waals surface area (Å²) in [5.74, 6) is 0.924. The second-order valence-corrected chi connectivity index (χ2v) is 5.05. The zero-order valence-electron chi connectivity index (χ0n) is 11.4. The first-order chi connectivity index (χ1) is 7.83. The number of aliphatic hydroxyl groups is 1. The van der Waals surface area contributed by atoms with Crippen molar-refractivity contribution >= 4 is 5.69 Å². The Kier molecular flexibility index (Phi) is 4.40. The monoisotopic (exact) mass is 237 g/mol. The highest BCUT2D eigenvalue weighted by molar-refractivity contribution is 5.52. The van der Waals surface area contributed by atoms with Gasteiger partial charge in [0.05, 0.1) is 12.2 Å². The third-order valence-electron chi connectivity index (χ3n) is 2.52. The Morgan fingerprint density at radius 2 is 2.00 bits per heavy atom. The maximum absolute atomic E-state index is 9.79. The molecule has 0 aliphatic carbocycles. The fraction of sp³-hybridized carbons (Fsp3) is 0.571. The fourth-order valence-corrected chi connectivity index (χ4v) is 1.86. The van der Waals surface area contributed by atoms with Crippen molar-refractivity contribution < 1.29 is 9.84 Å². The van der Waals surface area contributed by atoms with E-state index < -0.39 is 5.60 Å². The molecule has 0 heterocycles. The number of anilines is 1. The van der Waals surface area contributed by atoms with Crippen LogP contribution in [-0.4, -0.2) is 30.9 Å².